The highest BCUT2D eigenvalue weighted by atomic mass is 16.5. The van der Waals surface area contributed by atoms with E-state index in [4.69, 9.17) is 4.74 Å². The zero-order chi connectivity index (χ0) is 12.7. The van der Waals surface area contributed by atoms with Crippen LogP contribution in [-0.2, 0) is 9.53 Å². The predicted octanol–water partition coefficient (Wildman–Crippen LogP) is 2.66. The van der Waals surface area contributed by atoms with Gasteiger partial charge in [-0.05, 0) is 32.1 Å². The van der Waals surface area contributed by atoms with E-state index in [-0.39, 0.29) is 5.97 Å². The number of rotatable bonds is 6. The lowest BCUT2D eigenvalue weighted by molar-refractivity contribution is -0.136. The van der Waals surface area contributed by atoms with Crippen molar-refractivity contribution in [2.24, 2.45) is 5.92 Å². The van der Waals surface area contributed by atoms with Crippen molar-refractivity contribution in [3.8, 4) is 0 Å². The molecule has 0 aromatic heterocycles. The Bertz CT molecular complexity index is 267. The van der Waals surface area contributed by atoms with Crippen molar-refractivity contribution in [2.45, 2.75) is 52.0 Å². The zero-order valence-electron chi connectivity index (χ0n) is 11.3. The van der Waals surface area contributed by atoms with Crippen LogP contribution in [0.4, 0.5) is 0 Å². The summed E-state index contributed by atoms with van der Waals surface area (Å²) in [6.45, 7) is 4.98. The Morgan fingerprint density at radius 1 is 1.47 bits per heavy atom. The van der Waals surface area contributed by atoms with Gasteiger partial charge in [-0.1, -0.05) is 25.8 Å². The van der Waals surface area contributed by atoms with Crippen molar-refractivity contribution in [3.63, 3.8) is 0 Å². The minimum absolute atomic E-state index is 0.206. The Kier molecular flexibility index (Phi) is 6.27. The summed E-state index contributed by atoms with van der Waals surface area (Å²) >= 11 is 0. The Morgan fingerprint density at radius 2 is 2.12 bits per heavy atom. The molecular formula is C14H25NO2. The first-order chi connectivity index (χ1) is 8.19. The summed E-state index contributed by atoms with van der Waals surface area (Å²) in [4.78, 5) is 11.4. The molecule has 0 amide bonds. The van der Waals surface area contributed by atoms with Gasteiger partial charge in [-0.3, -0.25) is 0 Å². The van der Waals surface area contributed by atoms with Crippen LogP contribution in [0.25, 0.3) is 0 Å². The van der Waals surface area contributed by atoms with Gasteiger partial charge in [0.25, 0.3) is 0 Å². The largest absolute Gasteiger partial charge is 0.466 e. The minimum Gasteiger partial charge on any atom is -0.466 e. The molecule has 0 aromatic carbocycles. The maximum Gasteiger partial charge on any atom is 0.333 e. The molecule has 0 spiro atoms. The quantitative estimate of drug-likeness (QED) is 0.572. The van der Waals surface area contributed by atoms with E-state index in [1.165, 1.54) is 32.8 Å². The molecule has 17 heavy (non-hydrogen) atoms. The van der Waals surface area contributed by atoms with E-state index in [1.807, 2.05) is 13.0 Å². The highest BCUT2D eigenvalue weighted by Crippen LogP contribution is 2.27. The molecule has 0 saturated heterocycles. The van der Waals surface area contributed by atoms with Crippen molar-refractivity contribution in [1.29, 1.82) is 0 Å². The van der Waals surface area contributed by atoms with Gasteiger partial charge in [-0.15, -0.1) is 0 Å². The Hall–Kier alpha value is -0.830. The maximum atomic E-state index is 11.4. The number of hydrogen-bond donors (Lipinski definition) is 1. The van der Waals surface area contributed by atoms with Crippen LogP contribution in [0, 0.1) is 5.92 Å². The smallest absolute Gasteiger partial charge is 0.333 e. The average Bonchev–Trinajstić information content (AvgIpc) is 2.87. The standard InChI is InChI=1S/C14H25NO2/c1-4-12(14(16)17-3)9-10-15-11(2)13-7-5-6-8-13/h9,11,13,15H,4-8,10H2,1-3H3. The van der Waals surface area contributed by atoms with Crippen LogP contribution in [0.3, 0.4) is 0 Å². The fourth-order valence-electron chi connectivity index (χ4n) is 2.50. The average molecular weight is 239 g/mol. The van der Waals surface area contributed by atoms with E-state index in [1.54, 1.807) is 0 Å². The summed E-state index contributed by atoms with van der Waals surface area (Å²) in [7, 11) is 1.43. The molecule has 1 aliphatic carbocycles. The molecule has 1 N–H and O–H groups in total. The number of esters is 1. The van der Waals surface area contributed by atoms with Gasteiger partial charge in [0.2, 0.25) is 0 Å². The Labute approximate surface area is 105 Å². The fourth-order valence-corrected chi connectivity index (χ4v) is 2.50. The molecule has 3 heteroatoms. The fraction of sp³-hybridized carbons (Fsp3) is 0.786. The molecule has 98 valence electrons. The molecule has 1 rings (SSSR count). The third-order valence-electron chi connectivity index (χ3n) is 3.72. The molecule has 1 unspecified atom stereocenters. The van der Waals surface area contributed by atoms with Gasteiger partial charge in [0, 0.05) is 18.2 Å². The molecule has 3 nitrogen and oxygen atoms in total. The number of carbonyl (C=O) groups is 1. The van der Waals surface area contributed by atoms with E-state index in [2.05, 4.69) is 12.2 Å². The first-order valence-electron chi connectivity index (χ1n) is 6.69. The van der Waals surface area contributed by atoms with E-state index < -0.39 is 0 Å². The second kappa shape index (κ2) is 7.49. The third-order valence-corrected chi connectivity index (χ3v) is 3.72. The van der Waals surface area contributed by atoms with Gasteiger partial charge in [-0.2, -0.15) is 0 Å². The number of carbonyl (C=O) groups excluding carboxylic acids is 1. The second-order valence-electron chi connectivity index (χ2n) is 4.82. The summed E-state index contributed by atoms with van der Waals surface area (Å²) in [6.07, 6.45) is 8.11. The summed E-state index contributed by atoms with van der Waals surface area (Å²) in [5.41, 5.74) is 0.763. The van der Waals surface area contributed by atoms with Gasteiger partial charge in [-0.25, -0.2) is 4.79 Å². The molecule has 0 radical (unpaired) electrons. The van der Waals surface area contributed by atoms with E-state index in [0.717, 1.165) is 24.5 Å². The topological polar surface area (TPSA) is 38.3 Å². The first kappa shape index (κ1) is 14.2. The summed E-state index contributed by atoms with van der Waals surface area (Å²) in [5, 5.41) is 3.48. The van der Waals surface area contributed by atoms with Gasteiger partial charge in [0.05, 0.1) is 7.11 Å². The number of methoxy groups -OCH3 is 1. The SMILES string of the molecule is CCC(=CCNC(C)C1CCCC1)C(=O)OC. The minimum atomic E-state index is -0.206. The van der Waals surface area contributed by atoms with Crippen LogP contribution in [-0.4, -0.2) is 25.7 Å². The summed E-state index contributed by atoms with van der Waals surface area (Å²) in [5.74, 6) is 0.606. The van der Waals surface area contributed by atoms with Crippen LogP contribution in [0.2, 0.25) is 0 Å². The Morgan fingerprint density at radius 3 is 2.65 bits per heavy atom. The van der Waals surface area contributed by atoms with Crippen molar-refractivity contribution in [3.05, 3.63) is 11.6 Å². The lowest BCUT2D eigenvalue weighted by atomic mass is 10.00. The zero-order valence-corrected chi connectivity index (χ0v) is 11.3. The predicted molar refractivity (Wildman–Crippen MR) is 69.8 cm³/mol. The van der Waals surface area contributed by atoms with Crippen LogP contribution < -0.4 is 5.32 Å². The number of nitrogens with one attached hydrogen (secondary N) is 1. The Balaban J connectivity index is 2.33. The summed E-state index contributed by atoms with van der Waals surface area (Å²) < 4.78 is 4.73. The van der Waals surface area contributed by atoms with Gasteiger partial charge in [0.1, 0.15) is 0 Å². The highest BCUT2D eigenvalue weighted by molar-refractivity contribution is 5.88. The molecule has 1 fully saturated rings. The second-order valence-corrected chi connectivity index (χ2v) is 4.82. The summed E-state index contributed by atoms with van der Waals surface area (Å²) in [6, 6.07) is 0.546. The van der Waals surface area contributed by atoms with Crippen LogP contribution in [0.15, 0.2) is 11.6 Å². The highest BCUT2D eigenvalue weighted by Gasteiger charge is 2.20. The van der Waals surface area contributed by atoms with E-state index in [9.17, 15) is 4.79 Å². The van der Waals surface area contributed by atoms with Crippen LogP contribution in [0.5, 0.6) is 0 Å². The molecule has 0 aromatic rings. The molecular weight excluding hydrogens is 214 g/mol. The number of ether oxygens (including phenoxy) is 1. The molecule has 0 heterocycles. The normalized spacial score (nSPS) is 19.4. The first-order valence-corrected chi connectivity index (χ1v) is 6.69. The van der Waals surface area contributed by atoms with Gasteiger partial charge < -0.3 is 10.1 Å². The molecule has 1 saturated carbocycles. The van der Waals surface area contributed by atoms with Gasteiger partial charge in [0.15, 0.2) is 0 Å². The van der Waals surface area contributed by atoms with Crippen LogP contribution in [0.1, 0.15) is 46.0 Å². The number of hydrogen-bond acceptors (Lipinski definition) is 3. The molecule has 0 aliphatic heterocycles. The lowest BCUT2D eigenvalue weighted by Crippen LogP contribution is -2.32. The van der Waals surface area contributed by atoms with E-state index >= 15 is 0 Å². The lowest BCUT2D eigenvalue weighted by Gasteiger charge is -2.19. The monoisotopic (exact) mass is 239 g/mol. The third kappa shape index (κ3) is 4.50. The van der Waals surface area contributed by atoms with E-state index in [0.29, 0.717) is 6.04 Å². The molecule has 0 bridgehead atoms. The van der Waals surface area contributed by atoms with Crippen molar-refractivity contribution in [1.82, 2.24) is 5.32 Å². The molecule has 1 atom stereocenters. The van der Waals surface area contributed by atoms with Crippen molar-refractivity contribution in [2.75, 3.05) is 13.7 Å². The van der Waals surface area contributed by atoms with Crippen LogP contribution >= 0.6 is 0 Å². The van der Waals surface area contributed by atoms with Crippen molar-refractivity contribution >= 4 is 5.97 Å². The maximum absolute atomic E-state index is 11.4. The van der Waals surface area contributed by atoms with Gasteiger partial charge >= 0.3 is 5.97 Å². The molecule has 1 aliphatic rings. The van der Waals surface area contributed by atoms with Crippen molar-refractivity contribution < 1.29 is 9.53 Å².